The van der Waals surface area contributed by atoms with Crippen LogP contribution in [0.3, 0.4) is 0 Å². The van der Waals surface area contributed by atoms with Gasteiger partial charge in [0.1, 0.15) is 20.2 Å². The minimum atomic E-state index is -4.53. The van der Waals surface area contributed by atoms with Gasteiger partial charge in [0.15, 0.2) is 0 Å². The van der Waals surface area contributed by atoms with E-state index in [2.05, 4.69) is 39.8 Å². The Morgan fingerprint density at radius 2 is 0.481 bits per heavy atom. The van der Waals surface area contributed by atoms with Crippen LogP contribution in [0, 0.1) is 0 Å². The SMILES string of the molecule is CCCCCCCCCCCCCc1cc2ccccc2c(CCCCCCCCCCCCC)c1S(=O)(=O)[O-].CCCCCCCCCCCCCc1cc2ccccc2c(CCCCCCCCCCCCC)c1S(=O)(=O)[O-].[Ba+2]. The number of aryl methyl sites for hydroxylation is 4. The van der Waals surface area contributed by atoms with Crippen molar-refractivity contribution in [1.29, 1.82) is 0 Å². The third-order valence-corrected chi connectivity index (χ3v) is 19.0. The molecule has 0 heterocycles. The minimum Gasteiger partial charge on any atom is -0.744 e. The molecular weight excluding hydrogens is 1160 g/mol. The summed E-state index contributed by atoms with van der Waals surface area (Å²) in [4.78, 5) is 0.177. The van der Waals surface area contributed by atoms with Crippen molar-refractivity contribution >= 4 is 90.7 Å². The van der Waals surface area contributed by atoms with E-state index in [4.69, 9.17) is 0 Å². The van der Waals surface area contributed by atoms with Crippen molar-refractivity contribution in [1.82, 2.24) is 0 Å². The second kappa shape index (κ2) is 48.9. The Hall–Kier alpha value is -1.21. The number of hydrogen-bond acceptors (Lipinski definition) is 6. The zero-order chi connectivity index (χ0) is 57.8. The molecule has 81 heavy (non-hydrogen) atoms. The Labute approximate surface area is 540 Å². The largest absolute Gasteiger partial charge is 2.00 e. The maximum absolute atomic E-state index is 12.6. The van der Waals surface area contributed by atoms with Crippen LogP contribution in [0.15, 0.2) is 70.5 Å². The van der Waals surface area contributed by atoms with Gasteiger partial charge in [-0.1, -0.05) is 333 Å². The molecule has 0 radical (unpaired) electrons. The van der Waals surface area contributed by atoms with E-state index in [1.165, 1.54) is 231 Å². The maximum Gasteiger partial charge on any atom is 2.00 e. The molecule has 4 rings (SSSR count). The minimum absolute atomic E-state index is 0. The number of rotatable bonds is 50. The Morgan fingerprint density at radius 3 is 0.704 bits per heavy atom. The van der Waals surface area contributed by atoms with Gasteiger partial charge >= 0.3 is 48.9 Å². The molecule has 0 aromatic heterocycles. The van der Waals surface area contributed by atoms with Gasteiger partial charge in [-0.15, -0.1) is 0 Å². The summed E-state index contributed by atoms with van der Waals surface area (Å²) in [5.74, 6) is 0. The maximum atomic E-state index is 12.6. The fraction of sp³-hybridized carbons (Fsp3) is 0.722. The molecule has 0 amide bonds. The molecule has 0 saturated heterocycles. The van der Waals surface area contributed by atoms with Crippen molar-refractivity contribution in [3.8, 4) is 0 Å². The van der Waals surface area contributed by atoms with Crippen molar-refractivity contribution in [3.63, 3.8) is 0 Å². The number of fused-ring (bicyclic) bond motifs is 2. The van der Waals surface area contributed by atoms with Gasteiger partial charge in [-0.05, 0) is 107 Å². The molecule has 0 spiro atoms. The fourth-order valence-electron chi connectivity index (χ4n) is 12.3. The van der Waals surface area contributed by atoms with Gasteiger partial charge in [-0.2, -0.15) is 0 Å². The van der Waals surface area contributed by atoms with Crippen LogP contribution in [-0.2, 0) is 45.9 Å². The van der Waals surface area contributed by atoms with Gasteiger partial charge in [0.25, 0.3) is 0 Å². The van der Waals surface area contributed by atoms with Crippen LogP contribution in [0.1, 0.15) is 332 Å². The smallest absolute Gasteiger partial charge is 0.744 e. The van der Waals surface area contributed by atoms with Crippen LogP contribution < -0.4 is 0 Å². The second-order valence-electron chi connectivity index (χ2n) is 24.2. The van der Waals surface area contributed by atoms with Crippen molar-refractivity contribution < 1.29 is 25.9 Å². The van der Waals surface area contributed by atoms with Crippen LogP contribution in [-0.4, -0.2) is 74.8 Å². The van der Waals surface area contributed by atoms with Crippen LogP contribution >= 0.6 is 0 Å². The van der Waals surface area contributed by atoms with E-state index < -0.39 is 20.2 Å². The first kappa shape index (κ1) is 75.9. The average molecular weight is 1280 g/mol. The van der Waals surface area contributed by atoms with Crippen molar-refractivity contribution in [2.75, 3.05) is 0 Å². The Kier molecular flexibility index (Phi) is 45.8. The molecule has 0 saturated carbocycles. The van der Waals surface area contributed by atoms with Crippen LogP contribution in [0.4, 0.5) is 0 Å². The van der Waals surface area contributed by atoms with E-state index in [0.717, 1.165) is 95.2 Å². The average Bonchev–Trinajstić information content (AvgIpc) is 3.48. The predicted octanol–water partition coefficient (Wildman–Crippen LogP) is 22.5. The topological polar surface area (TPSA) is 114 Å². The van der Waals surface area contributed by atoms with E-state index in [-0.39, 0.29) is 58.7 Å². The third kappa shape index (κ3) is 34.1. The zero-order valence-corrected chi connectivity index (χ0v) is 58.8. The summed E-state index contributed by atoms with van der Waals surface area (Å²) < 4.78 is 75.4. The van der Waals surface area contributed by atoms with Gasteiger partial charge in [0.2, 0.25) is 0 Å². The fourth-order valence-corrected chi connectivity index (χ4v) is 14.3. The molecule has 9 heteroatoms. The summed E-state index contributed by atoms with van der Waals surface area (Å²) in [5.41, 5.74) is 3.01. The predicted molar refractivity (Wildman–Crippen MR) is 350 cm³/mol. The molecule has 0 fully saturated rings. The molecule has 0 atom stereocenters. The van der Waals surface area contributed by atoms with Gasteiger partial charge in [-0.3, -0.25) is 0 Å². The summed E-state index contributed by atoms with van der Waals surface area (Å²) >= 11 is 0. The van der Waals surface area contributed by atoms with Gasteiger partial charge in [0, 0.05) is 0 Å². The number of benzene rings is 4. The van der Waals surface area contributed by atoms with Crippen LogP contribution in [0.25, 0.3) is 21.5 Å². The Balaban J connectivity index is 0.000000547. The van der Waals surface area contributed by atoms with E-state index in [9.17, 15) is 25.9 Å². The molecule has 0 bridgehead atoms. The standard InChI is InChI=1S/2C36H60O3S.Ba/c2*1-3-5-7-9-11-13-15-17-19-21-23-28-33-31-32-27-25-26-29-34(32)35(36(33)40(37,38)39)30-24-22-20-18-16-14-12-10-8-6-4-2;/h2*25-27,29,31H,3-24,28,30H2,1-2H3,(H,37,38,39);/q;;+2/p-2. The van der Waals surface area contributed by atoms with Gasteiger partial charge in [0.05, 0.1) is 9.79 Å². The van der Waals surface area contributed by atoms with Crippen molar-refractivity contribution in [2.24, 2.45) is 0 Å². The van der Waals surface area contributed by atoms with E-state index in [1.807, 2.05) is 48.5 Å². The molecule has 4 aromatic carbocycles. The normalized spacial score (nSPS) is 11.8. The van der Waals surface area contributed by atoms with E-state index in [0.29, 0.717) is 25.7 Å². The first-order chi connectivity index (χ1) is 39.0. The summed E-state index contributed by atoms with van der Waals surface area (Å²) in [6, 6.07) is 20.0. The molecule has 0 aliphatic rings. The molecule has 0 unspecified atom stereocenters. The second-order valence-corrected chi connectivity index (χ2v) is 26.8. The van der Waals surface area contributed by atoms with Gasteiger partial charge in [-0.25, -0.2) is 16.8 Å². The molecule has 6 nitrogen and oxygen atoms in total. The van der Waals surface area contributed by atoms with Gasteiger partial charge < -0.3 is 9.11 Å². The monoisotopic (exact) mass is 1280 g/mol. The molecule has 0 aliphatic carbocycles. The molecule has 456 valence electrons. The zero-order valence-electron chi connectivity index (χ0n) is 52.7. The molecule has 0 N–H and O–H groups in total. The third-order valence-electron chi connectivity index (χ3n) is 17.0. The Morgan fingerprint density at radius 1 is 0.284 bits per heavy atom. The number of unbranched alkanes of at least 4 members (excludes halogenated alkanes) is 40. The first-order valence-corrected chi connectivity index (χ1v) is 36.8. The van der Waals surface area contributed by atoms with Crippen molar-refractivity contribution in [2.45, 2.75) is 346 Å². The Bertz CT molecular complexity index is 2230. The van der Waals surface area contributed by atoms with Crippen LogP contribution in [0.2, 0.25) is 0 Å². The summed E-state index contributed by atoms with van der Waals surface area (Å²) in [7, 11) is -9.07. The van der Waals surface area contributed by atoms with Crippen LogP contribution in [0.5, 0.6) is 0 Å². The molecular formula is C72H118BaO6S2. The summed E-state index contributed by atoms with van der Waals surface area (Å²) in [6.07, 6.45) is 58.0. The molecule has 4 aromatic rings. The summed E-state index contributed by atoms with van der Waals surface area (Å²) in [6.45, 7) is 9.03. The summed E-state index contributed by atoms with van der Waals surface area (Å²) in [5, 5.41) is 4.00. The van der Waals surface area contributed by atoms with E-state index >= 15 is 0 Å². The van der Waals surface area contributed by atoms with Crippen molar-refractivity contribution in [3.05, 3.63) is 82.9 Å². The number of hydrogen-bond donors (Lipinski definition) is 0. The quantitative estimate of drug-likeness (QED) is 0.0247. The first-order valence-electron chi connectivity index (χ1n) is 34.0. The van der Waals surface area contributed by atoms with E-state index in [1.54, 1.807) is 0 Å². The molecule has 0 aliphatic heterocycles.